The van der Waals surface area contributed by atoms with Gasteiger partial charge in [0, 0.05) is 42.1 Å². The van der Waals surface area contributed by atoms with Crippen LogP contribution in [0.15, 0.2) is 192 Å². The van der Waals surface area contributed by atoms with Crippen LogP contribution in [0, 0.1) is 0 Å². The molecule has 0 aliphatic carbocycles. The van der Waals surface area contributed by atoms with Crippen molar-refractivity contribution >= 4 is 53.4 Å². The minimum atomic E-state index is 0.557. The van der Waals surface area contributed by atoms with E-state index >= 15 is 0 Å². The third kappa shape index (κ3) is 5.56. The standard InChI is InChI=1S/C51H31N3OS/c1-4-14-32(15-5-1)36-28-37(33-16-6-2-7-17-33)30-38(29-36)50-52-49(53-51(54-50)42-23-12-22-41-40-20-10-11-24-44(40)55-48(41)42)35-26-27-45-43(31-35)47-39(21-13-25-46(47)56-45)34-18-8-3-9-19-34/h1-31H. The number of benzene rings is 8. The highest BCUT2D eigenvalue weighted by atomic mass is 32.1. The lowest BCUT2D eigenvalue weighted by atomic mass is 9.96. The topological polar surface area (TPSA) is 51.8 Å². The average Bonchev–Trinajstić information content (AvgIpc) is 3.85. The SMILES string of the molecule is c1ccc(-c2cc(-c3ccccc3)cc(-c3nc(-c4ccc5sc6cccc(-c7ccccc7)c6c5c4)nc(-c4cccc5c4oc4ccccc45)n3)c2)cc1. The van der Waals surface area contributed by atoms with Crippen LogP contribution in [0.3, 0.4) is 0 Å². The second-order valence-corrected chi connectivity index (χ2v) is 15.1. The number of fused-ring (bicyclic) bond motifs is 6. The van der Waals surface area contributed by atoms with E-state index in [-0.39, 0.29) is 0 Å². The van der Waals surface area contributed by atoms with Crippen molar-refractivity contribution in [3.63, 3.8) is 0 Å². The Bertz CT molecular complexity index is 3180. The molecule has 0 unspecified atom stereocenters. The molecule has 11 aromatic rings. The van der Waals surface area contributed by atoms with E-state index in [9.17, 15) is 0 Å². The molecule has 0 saturated carbocycles. The molecule has 0 saturated heterocycles. The Morgan fingerprint density at radius 2 is 0.911 bits per heavy atom. The van der Waals surface area contributed by atoms with E-state index in [4.69, 9.17) is 19.4 Å². The smallest absolute Gasteiger partial charge is 0.167 e. The third-order valence-corrected chi connectivity index (χ3v) is 11.7. The summed E-state index contributed by atoms with van der Waals surface area (Å²) >= 11 is 1.81. The molecule has 56 heavy (non-hydrogen) atoms. The molecule has 0 bridgehead atoms. The van der Waals surface area contributed by atoms with E-state index in [0.29, 0.717) is 17.5 Å². The van der Waals surface area contributed by atoms with Gasteiger partial charge < -0.3 is 4.42 Å². The Balaban J connectivity index is 1.17. The van der Waals surface area contributed by atoms with E-state index in [0.717, 1.165) is 60.9 Å². The van der Waals surface area contributed by atoms with Gasteiger partial charge in [0.05, 0.1) is 5.56 Å². The van der Waals surface area contributed by atoms with Crippen molar-refractivity contribution in [3.8, 4) is 67.5 Å². The van der Waals surface area contributed by atoms with Crippen molar-refractivity contribution in [2.45, 2.75) is 0 Å². The first kappa shape index (κ1) is 32.2. The van der Waals surface area contributed by atoms with Crippen molar-refractivity contribution in [2.75, 3.05) is 0 Å². The van der Waals surface area contributed by atoms with Gasteiger partial charge in [-0.25, -0.2) is 15.0 Å². The lowest BCUT2D eigenvalue weighted by molar-refractivity contribution is 0.669. The van der Waals surface area contributed by atoms with Crippen molar-refractivity contribution in [2.24, 2.45) is 0 Å². The molecule has 0 atom stereocenters. The van der Waals surface area contributed by atoms with Gasteiger partial charge in [0.1, 0.15) is 11.2 Å². The van der Waals surface area contributed by atoms with Crippen LogP contribution in [0.4, 0.5) is 0 Å². The first-order chi connectivity index (χ1) is 27.7. The van der Waals surface area contributed by atoms with Crippen molar-refractivity contribution in [3.05, 3.63) is 188 Å². The number of nitrogens with zero attached hydrogens (tertiary/aromatic N) is 3. The van der Waals surface area contributed by atoms with Gasteiger partial charge in [-0.2, -0.15) is 0 Å². The number of furan rings is 1. The molecule has 0 radical (unpaired) electrons. The van der Waals surface area contributed by atoms with Crippen molar-refractivity contribution < 1.29 is 4.42 Å². The van der Waals surface area contributed by atoms with Crippen LogP contribution in [0.5, 0.6) is 0 Å². The molecule has 5 heteroatoms. The minimum Gasteiger partial charge on any atom is -0.455 e. The second-order valence-electron chi connectivity index (χ2n) is 14.0. The molecule has 0 N–H and O–H groups in total. The zero-order chi connectivity index (χ0) is 37.0. The lowest BCUT2D eigenvalue weighted by Gasteiger charge is -2.13. The number of hydrogen-bond donors (Lipinski definition) is 0. The first-order valence-corrected chi connectivity index (χ1v) is 19.5. The molecular formula is C51H31N3OS. The zero-order valence-electron chi connectivity index (χ0n) is 30.1. The number of thiophene rings is 1. The maximum absolute atomic E-state index is 6.53. The number of rotatable bonds is 6. The van der Waals surface area contributed by atoms with Crippen LogP contribution < -0.4 is 0 Å². The van der Waals surface area contributed by atoms with Crippen LogP contribution in [0.25, 0.3) is 110 Å². The second kappa shape index (κ2) is 13.3. The molecule has 0 spiro atoms. The van der Waals surface area contributed by atoms with Gasteiger partial charge in [0.15, 0.2) is 17.5 Å². The molecule has 0 fully saturated rings. The first-order valence-electron chi connectivity index (χ1n) is 18.7. The van der Waals surface area contributed by atoms with Gasteiger partial charge in [0.2, 0.25) is 0 Å². The highest BCUT2D eigenvalue weighted by Gasteiger charge is 2.20. The number of hydrogen-bond acceptors (Lipinski definition) is 5. The molecule has 0 aliphatic heterocycles. The summed E-state index contributed by atoms with van der Waals surface area (Å²) in [6.07, 6.45) is 0. The van der Waals surface area contributed by atoms with E-state index in [2.05, 4.69) is 152 Å². The normalized spacial score (nSPS) is 11.6. The minimum absolute atomic E-state index is 0.557. The Morgan fingerprint density at radius 1 is 0.339 bits per heavy atom. The molecule has 262 valence electrons. The fourth-order valence-electron chi connectivity index (χ4n) is 7.85. The van der Waals surface area contributed by atoms with E-state index in [1.165, 1.54) is 31.3 Å². The molecule has 0 amide bonds. The van der Waals surface area contributed by atoms with E-state index in [1.807, 2.05) is 47.7 Å². The van der Waals surface area contributed by atoms with E-state index < -0.39 is 0 Å². The summed E-state index contributed by atoms with van der Waals surface area (Å²) in [5.74, 6) is 1.75. The molecule has 3 heterocycles. The maximum atomic E-state index is 6.53. The summed E-state index contributed by atoms with van der Waals surface area (Å²) in [6.45, 7) is 0. The van der Waals surface area contributed by atoms with Gasteiger partial charge >= 0.3 is 0 Å². The van der Waals surface area contributed by atoms with Crippen LogP contribution in [0.1, 0.15) is 0 Å². The fraction of sp³-hybridized carbons (Fsp3) is 0. The summed E-state index contributed by atoms with van der Waals surface area (Å²) < 4.78 is 9.00. The van der Waals surface area contributed by atoms with Gasteiger partial charge in [0.25, 0.3) is 0 Å². The maximum Gasteiger partial charge on any atom is 0.167 e. The Hall–Kier alpha value is -7.21. The van der Waals surface area contributed by atoms with E-state index in [1.54, 1.807) is 0 Å². The Labute approximate surface area is 327 Å². The van der Waals surface area contributed by atoms with Gasteiger partial charge in [-0.05, 0) is 88.0 Å². The third-order valence-electron chi connectivity index (χ3n) is 10.5. The van der Waals surface area contributed by atoms with Crippen LogP contribution in [-0.2, 0) is 0 Å². The monoisotopic (exact) mass is 733 g/mol. The van der Waals surface area contributed by atoms with Gasteiger partial charge in [-0.15, -0.1) is 11.3 Å². The molecule has 8 aromatic carbocycles. The average molecular weight is 734 g/mol. The molecular weight excluding hydrogens is 703 g/mol. The van der Waals surface area contributed by atoms with Crippen LogP contribution in [0.2, 0.25) is 0 Å². The zero-order valence-corrected chi connectivity index (χ0v) is 30.9. The predicted octanol–water partition coefficient (Wildman–Crippen LogP) is 14.1. The fourth-order valence-corrected chi connectivity index (χ4v) is 8.97. The Morgan fingerprint density at radius 3 is 1.64 bits per heavy atom. The summed E-state index contributed by atoms with van der Waals surface area (Å²) in [4.78, 5) is 15.8. The summed E-state index contributed by atoms with van der Waals surface area (Å²) in [5.41, 5.74) is 11.1. The summed E-state index contributed by atoms with van der Waals surface area (Å²) in [6, 6.07) is 65.7. The molecule has 0 aliphatic rings. The van der Waals surface area contributed by atoms with Crippen molar-refractivity contribution in [1.82, 2.24) is 15.0 Å². The summed E-state index contributed by atoms with van der Waals surface area (Å²) in [7, 11) is 0. The largest absolute Gasteiger partial charge is 0.455 e. The number of para-hydroxylation sites is 2. The molecule has 4 nitrogen and oxygen atoms in total. The highest BCUT2D eigenvalue weighted by Crippen LogP contribution is 2.42. The quantitative estimate of drug-likeness (QED) is 0.171. The lowest BCUT2D eigenvalue weighted by Crippen LogP contribution is -2.01. The number of aromatic nitrogens is 3. The van der Waals surface area contributed by atoms with Gasteiger partial charge in [-0.3, -0.25) is 0 Å². The van der Waals surface area contributed by atoms with Crippen LogP contribution in [-0.4, -0.2) is 15.0 Å². The predicted molar refractivity (Wildman–Crippen MR) is 233 cm³/mol. The summed E-state index contributed by atoms with van der Waals surface area (Å²) in [5, 5.41) is 4.51. The Kier molecular flexibility index (Phi) is 7.64. The van der Waals surface area contributed by atoms with Gasteiger partial charge in [-0.1, -0.05) is 133 Å². The van der Waals surface area contributed by atoms with Crippen LogP contribution >= 0.6 is 11.3 Å². The molecule has 11 rings (SSSR count). The van der Waals surface area contributed by atoms with Crippen molar-refractivity contribution in [1.29, 1.82) is 0 Å². The molecule has 3 aromatic heterocycles. The highest BCUT2D eigenvalue weighted by molar-refractivity contribution is 7.26.